The van der Waals surface area contributed by atoms with E-state index in [2.05, 4.69) is 29.1 Å². The van der Waals surface area contributed by atoms with Crippen LogP contribution in [0.15, 0.2) is 42.6 Å². The van der Waals surface area contributed by atoms with Gasteiger partial charge in [0.25, 0.3) is 11.8 Å². The molecule has 1 unspecified atom stereocenters. The van der Waals surface area contributed by atoms with E-state index >= 15 is 0 Å². The van der Waals surface area contributed by atoms with Crippen molar-refractivity contribution in [1.29, 1.82) is 0 Å². The predicted molar refractivity (Wildman–Crippen MR) is 91.8 cm³/mol. The number of primary amides is 1. The number of nitrogens with zero attached hydrogens (tertiary/aromatic N) is 2. The first kappa shape index (κ1) is 16.3. The number of nitrogens with one attached hydrogen (secondary N) is 1. The Balaban J connectivity index is 1.79. The quantitative estimate of drug-likeness (QED) is 0.883. The van der Waals surface area contributed by atoms with Crippen molar-refractivity contribution in [2.24, 2.45) is 5.73 Å². The van der Waals surface area contributed by atoms with Gasteiger partial charge >= 0.3 is 0 Å². The molecule has 3 rings (SSSR count). The summed E-state index contributed by atoms with van der Waals surface area (Å²) in [5, 5.41) is 0. The molecule has 0 spiro atoms. The third-order valence-corrected chi connectivity index (χ3v) is 4.46. The molecule has 1 saturated heterocycles. The van der Waals surface area contributed by atoms with Crippen LogP contribution in [0.3, 0.4) is 0 Å². The Morgan fingerprint density at radius 3 is 2.67 bits per heavy atom. The van der Waals surface area contributed by atoms with Crippen LogP contribution >= 0.6 is 0 Å². The topological polar surface area (TPSA) is 82.4 Å². The van der Waals surface area contributed by atoms with Gasteiger partial charge in [0.05, 0.1) is 5.56 Å². The van der Waals surface area contributed by atoms with Crippen LogP contribution in [0.2, 0.25) is 0 Å². The Morgan fingerprint density at radius 1 is 1.25 bits per heavy atom. The van der Waals surface area contributed by atoms with Crippen molar-refractivity contribution in [2.75, 3.05) is 26.7 Å². The molecule has 1 fully saturated rings. The molecule has 126 valence electrons. The Morgan fingerprint density at radius 2 is 2.00 bits per heavy atom. The molecular formula is C18H22N4O2. The van der Waals surface area contributed by atoms with E-state index in [-0.39, 0.29) is 17.6 Å². The lowest BCUT2D eigenvalue weighted by Gasteiger charge is -2.40. The fraction of sp³-hybridized carbons (Fsp3) is 0.333. The number of H-pyrrole nitrogens is 1. The zero-order valence-electron chi connectivity index (χ0n) is 13.7. The first-order valence-electron chi connectivity index (χ1n) is 8.06. The molecule has 2 aromatic rings. The summed E-state index contributed by atoms with van der Waals surface area (Å²) in [5.41, 5.74) is 7.20. The monoisotopic (exact) mass is 326 g/mol. The van der Waals surface area contributed by atoms with Crippen molar-refractivity contribution >= 4 is 11.8 Å². The minimum Gasteiger partial charge on any atom is -0.364 e. The molecule has 6 heteroatoms. The highest BCUT2D eigenvalue weighted by molar-refractivity contribution is 5.98. The maximum atomic E-state index is 12.9. The lowest BCUT2D eigenvalue weighted by atomic mass is 10.0. The van der Waals surface area contributed by atoms with Crippen molar-refractivity contribution in [1.82, 2.24) is 14.8 Å². The van der Waals surface area contributed by atoms with Gasteiger partial charge in [0, 0.05) is 31.9 Å². The highest BCUT2D eigenvalue weighted by Gasteiger charge is 2.30. The minimum atomic E-state index is -0.562. The zero-order chi connectivity index (χ0) is 17.1. The normalized spacial score (nSPS) is 18.5. The number of rotatable bonds is 4. The molecular weight excluding hydrogens is 304 g/mol. The van der Waals surface area contributed by atoms with Crippen molar-refractivity contribution in [2.45, 2.75) is 12.5 Å². The fourth-order valence-electron chi connectivity index (χ4n) is 3.16. The lowest BCUT2D eigenvalue weighted by Crippen LogP contribution is -2.54. The van der Waals surface area contributed by atoms with Gasteiger partial charge in [-0.1, -0.05) is 30.3 Å². The van der Waals surface area contributed by atoms with Crippen LogP contribution in [0, 0.1) is 0 Å². The van der Waals surface area contributed by atoms with Crippen LogP contribution in [-0.2, 0) is 6.42 Å². The highest BCUT2D eigenvalue weighted by atomic mass is 16.2. The summed E-state index contributed by atoms with van der Waals surface area (Å²) in [5.74, 6) is -0.624. The first-order valence-corrected chi connectivity index (χ1v) is 8.06. The Bertz CT molecular complexity index is 726. The number of carbonyl (C=O) groups excluding carboxylic acids is 2. The van der Waals surface area contributed by atoms with Crippen LogP contribution in [0.1, 0.15) is 26.4 Å². The van der Waals surface area contributed by atoms with Gasteiger partial charge in [-0.25, -0.2) is 0 Å². The summed E-state index contributed by atoms with van der Waals surface area (Å²) in [7, 11) is 2.07. The molecule has 6 nitrogen and oxygen atoms in total. The predicted octanol–water partition coefficient (Wildman–Crippen LogP) is 1.11. The Kier molecular flexibility index (Phi) is 4.66. The molecule has 1 aliphatic rings. The fourth-order valence-corrected chi connectivity index (χ4v) is 3.16. The molecule has 0 aliphatic carbocycles. The second-order valence-electron chi connectivity index (χ2n) is 6.27. The van der Waals surface area contributed by atoms with E-state index in [1.807, 2.05) is 23.1 Å². The average Bonchev–Trinajstić information content (AvgIpc) is 3.06. The summed E-state index contributed by atoms with van der Waals surface area (Å²) >= 11 is 0. The Hall–Kier alpha value is -2.60. The highest BCUT2D eigenvalue weighted by Crippen LogP contribution is 2.18. The van der Waals surface area contributed by atoms with Gasteiger partial charge in [-0.05, 0) is 25.1 Å². The number of hydrogen-bond donors (Lipinski definition) is 2. The SMILES string of the molecule is CN1CCN(C(=O)c2c[nH]c(C(N)=O)c2)C(Cc2ccccc2)C1. The molecule has 3 N–H and O–H groups in total. The van der Waals surface area contributed by atoms with Crippen molar-refractivity contribution in [3.8, 4) is 0 Å². The van der Waals surface area contributed by atoms with Crippen LogP contribution in [0.4, 0.5) is 0 Å². The zero-order valence-corrected chi connectivity index (χ0v) is 13.7. The third-order valence-electron chi connectivity index (χ3n) is 4.46. The second kappa shape index (κ2) is 6.88. The number of benzene rings is 1. The van der Waals surface area contributed by atoms with Crippen LogP contribution in [-0.4, -0.2) is 59.3 Å². The molecule has 1 aliphatic heterocycles. The van der Waals surface area contributed by atoms with E-state index in [1.54, 1.807) is 6.20 Å². The summed E-state index contributed by atoms with van der Waals surface area (Å²) in [6, 6.07) is 11.8. The van der Waals surface area contributed by atoms with Gasteiger partial charge in [0.2, 0.25) is 0 Å². The molecule has 2 heterocycles. The molecule has 0 bridgehead atoms. The molecule has 0 radical (unpaired) electrons. The molecule has 1 aromatic carbocycles. The minimum absolute atomic E-state index is 0.0622. The number of hydrogen-bond acceptors (Lipinski definition) is 3. The summed E-state index contributed by atoms with van der Waals surface area (Å²) in [4.78, 5) is 31.0. The average molecular weight is 326 g/mol. The smallest absolute Gasteiger partial charge is 0.265 e. The van der Waals surface area contributed by atoms with Gasteiger partial charge in [0.1, 0.15) is 5.69 Å². The van der Waals surface area contributed by atoms with Gasteiger partial charge < -0.3 is 20.5 Å². The van der Waals surface area contributed by atoms with Gasteiger partial charge in [-0.2, -0.15) is 0 Å². The molecule has 24 heavy (non-hydrogen) atoms. The maximum absolute atomic E-state index is 12.9. The van der Waals surface area contributed by atoms with E-state index in [4.69, 9.17) is 5.73 Å². The van der Waals surface area contributed by atoms with Gasteiger partial charge in [-0.15, -0.1) is 0 Å². The number of likely N-dealkylation sites (N-methyl/N-ethyl adjacent to an activating group) is 1. The van der Waals surface area contributed by atoms with E-state index in [9.17, 15) is 9.59 Å². The standard InChI is InChI=1S/C18H22N4O2/c1-21-7-8-22(15(12-21)9-13-5-3-2-4-6-13)18(24)14-10-16(17(19)23)20-11-14/h2-6,10-11,15,20H,7-9,12H2,1H3,(H2,19,23). The second-order valence-corrected chi connectivity index (χ2v) is 6.27. The first-order chi connectivity index (χ1) is 11.5. The molecule has 1 aromatic heterocycles. The summed E-state index contributed by atoms with van der Waals surface area (Å²) in [6.07, 6.45) is 2.37. The van der Waals surface area contributed by atoms with Crippen LogP contribution in [0.25, 0.3) is 0 Å². The van der Waals surface area contributed by atoms with E-state index in [0.29, 0.717) is 12.1 Å². The largest absolute Gasteiger partial charge is 0.364 e. The van der Waals surface area contributed by atoms with Crippen molar-refractivity contribution in [3.63, 3.8) is 0 Å². The summed E-state index contributed by atoms with van der Waals surface area (Å²) < 4.78 is 0. The van der Waals surface area contributed by atoms with Gasteiger partial charge in [-0.3, -0.25) is 9.59 Å². The van der Waals surface area contributed by atoms with Crippen molar-refractivity contribution in [3.05, 3.63) is 59.4 Å². The number of amides is 2. The number of aromatic amines is 1. The van der Waals surface area contributed by atoms with E-state index in [1.165, 1.54) is 11.6 Å². The molecule has 1 atom stereocenters. The lowest BCUT2D eigenvalue weighted by molar-refractivity contribution is 0.0501. The number of carbonyl (C=O) groups is 2. The van der Waals surface area contributed by atoms with Gasteiger partial charge in [0.15, 0.2) is 0 Å². The molecule has 0 saturated carbocycles. The maximum Gasteiger partial charge on any atom is 0.265 e. The third kappa shape index (κ3) is 3.49. The molecule has 2 amide bonds. The van der Waals surface area contributed by atoms with Crippen LogP contribution < -0.4 is 5.73 Å². The van der Waals surface area contributed by atoms with Crippen LogP contribution in [0.5, 0.6) is 0 Å². The van der Waals surface area contributed by atoms with Crippen molar-refractivity contribution < 1.29 is 9.59 Å². The van der Waals surface area contributed by atoms with E-state index < -0.39 is 5.91 Å². The van der Waals surface area contributed by atoms with E-state index in [0.717, 1.165) is 19.5 Å². The Labute approximate surface area is 141 Å². The summed E-state index contributed by atoms with van der Waals surface area (Å²) in [6.45, 7) is 2.34. The number of aromatic nitrogens is 1. The number of nitrogens with two attached hydrogens (primary N) is 1. The number of piperazine rings is 1.